The Bertz CT molecular complexity index is 1080. The summed E-state index contributed by atoms with van der Waals surface area (Å²) in [5, 5.41) is 3.41. The lowest BCUT2D eigenvalue weighted by molar-refractivity contribution is -0.133. The lowest BCUT2D eigenvalue weighted by Crippen LogP contribution is -2.52. The van der Waals surface area contributed by atoms with Gasteiger partial charge in [-0.2, -0.15) is 0 Å². The second-order valence-corrected chi connectivity index (χ2v) is 12.5. The number of hydrogen-bond acceptors (Lipinski definition) is 3. The van der Waals surface area contributed by atoms with E-state index in [0.29, 0.717) is 17.8 Å². The predicted octanol–water partition coefficient (Wildman–Crippen LogP) is 6.36. The van der Waals surface area contributed by atoms with Gasteiger partial charge in [-0.15, -0.1) is 0 Å². The molecule has 0 heterocycles. The Morgan fingerprint density at radius 3 is 2.69 bits per heavy atom. The maximum absolute atomic E-state index is 13.8. The van der Waals surface area contributed by atoms with Crippen molar-refractivity contribution in [2.75, 3.05) is 7.11 Å². The van der Waals surface area contributed by atoms with Crippen molar-refractivity contribution >= 4 is 12.2 Å². The van der Waals surface area contributed by atoms with Gasteiger partial charge in [0.25, 0.3) is 0 Å². The van der Waals surface area contributed by atoms with Crippen molar-refractivity contribution in [2.45, 2.75) is 78.2 Å². The van der Waals surface area contributed by atoms with Crippen LogP contribution >= 0.6 is 0 Å². The molecule has 5 rings (SSSR count). The van der Waals surface area contributed by atoms with Gasteiger partial charge in [-0.05, 0) is 116 Å². The van der Waals surface area contributed by atoms with Crippen LogP contribution in [0.1, 0.15) is 78.2 Å². The van der Waals surface area contributed by atoms with Crippen LogP contribution in [-0.4, -0.2) is 19.3 Å². The monoisotopic (exact) mass is 475 g/mol. The van der Waals surface area contributed by atoms with Crippen molar-refractivity contribution in [1.29, 1.82) is 0 Å². The number of rotatable bonds is 5. The van der Waals surface area contributed by atoms with Gasteiger partial charge in [0.1, 0.15) is 12.0 Å². The number of ether oxygens (including phenoxy) is 1. The maximum atomic E-state index is 13.8. The summed E-state index contributed by atoms with van der Waals surface area (Å²) in [5.74, 6) is 2.95. The third-order valence-corrected chi connectivity index (χ3v) is 10.5. The number of carbonyl (C=O) groups excluding carboxylic acids is 2. The van der Waals surface area contributed by atoms with Gasteiger partial charge in [-0.1, -0.05) is 38.1 Å². The lowest BCUT2D eigenvalue weighted by atomic mass is 9.48. The Labute approximate surface area is 210 Å². The molecule has 2 saturated carbocycles. The van der Waals surface area contributed by atoms with Gasteiger partial charge in [0, 0.05) is 5.92 Å². The highest BCUT2D eigenvalue weighted by Crippen LogP contribution is 2.66. The largest absolute Gasteiger partial charge is 0.497 e. The molecule has 0 spiro atoms. The summed E-state index contributed by atoms with van der Waals surface area (Å²) in [7, 11) is 1.68. The van der Waals surface area contributed by atoms with Crippen LogP contribution in [0.15, 0.2) is 47.6 Å². The first-order chi connectivity index (χ1) is 16.6. The van der Waals surface area contributed by atoms with E-state index in [-0.39, 0.29) is 22.7 Å². The Morgan fingerprint density at radius 1 is 1.14 bits per heavy atom. The minimum absolute atomic E-state index is 0.0515. The molecule has 0 aromatic heterocycles. The van der Waals surface area contributed by atoms with E-state index in [1.807, 2.05) is 18.2 Å². The third-order valence-electron chi connectivity index (χ3n) is 10.5. The number of amides is 1. The van der Waals surface area contributed by atoms with Gasteiger partial charge >= 0.3 is 0 Å². The standard InChI is InChI=1S/C31H41NO3/c1-29(2,21-7-6-8-23(18-21)35-5)32-28(34)27-12-11-25-24-10-9-22-17-20(19-33)13-15-30(22,3)26(24)14-16-31(25,27)4/h6-9,17-19,24-27H,10-16H2,1-5H3,(H,32,34)/t24-,25-,26-,27+,30-,31-/m0/s1. The van der Waals surface area contributed by atoms with E-state index in [4.69, 9.17) is 4.74 Å². The second-order valence-electron chi connectivity index (χ2n) is 12.5. The number of carbonyl (C=O) groups is 2. The first kappa shape index (κ1) is 24.3. The number of benzene rings is 1. The van der Waals surface area contributed by atoms with Crippen LogP contribution in [0.4, 0.5) is 0 Å². The van der Waals surface area contributed by atoms with Crippen LogP contribution in [-0.2, 0) is 15.1 Å². The number of methoxy groups -OCH3 is 1. The molecule has 0 saturated heterocycles. The quantitative estimate of drug-likeness (QED) is 0.504. The summed E-state index contributed by atoms with van der Waals surface area (Å²) < 4.78 is 5.41. The number of allylic oxidation sites excluding steroid dienone is 4. The topological polar surface area (TPSA) is 55.4 Å². The zero-order chi connectivity index (χ0) is 25.0. The van der Waals surface area contributed by atoms with Crippen LogP contribution in [0.5, 0.6) is 5.75 Å². The van der Waals surface area contributed by atoms with Crippen molar-refractivity contribution in [3.63, 3.8) is 0 Å². The van der Waals surface area contributed by atoms with E-state index in [1.165, 1.54) is 12.0 Å². The summed E-state index contributed by atoms with van der Waals surface area (Å²) in [6.07, 6.45) is 13.1. The summed E-state index contributed by atoms with van der Waals surface area (Å²) in [6, 6.07) is 8.01. The highest BCUT2D eigenvalue weighted by Gasteiger charge is 2.59. The van der Waals surface area contributed by atoms with Crippen LogP contribution < -0.4 is 10.1 Å². The van der Waals surface area contributed by atoms with E-state index in [1.54, 1.807) is 7.11 Å². The fourth-order valence-corrected chi connectivity index (χ4v) is 8.35. The molecule has 0 aliphatic heterocycles. The van der Waals surface area contributed by atoms with E-state index in [0.717, 1.165) is 61.7 Å². The number of fused-ring (bicyclic) bond motifs is 5. The molecule has 4 heteroatoms. The average molecular weight is 476 g/mol. The molecule has 35 heavy (non-hydrogen) atoms. The van der Waals surface area contributed by atoms with Crippen molar-refractivity contribution in [3.05, 3.63) is 53.1 Å². The summed E-state index contributed by atoms with van der Waals surface area (Å²) in [6.45, 7) is 9.01. The van der Waals surface area contributed by atoms with Crippen molar-refractivity contribution in [2.24, 2.45) is 34.5 Å². The molecular formula is C31H41NO3. The molecule has 0 radical (unpaired) electrons. The maximum Gasteiger partial charge on any atom is 0.224 e. The molecule has 1 amide bonds. The first-order valence-electron chi connectivity index (χ1n) is 13.5. The molecule has 1 aromatic rings. The molecule has 1 aromatic carbocycles. The average Bonchev–Trinajstić information content (AvgIpc) is 3.20. The zero-order valence-electron chi connectivity index (χ0n) is 22.0. The smallest absolute Gasteiger partial charge is 0.224 e. The second kappa shape index (κ2) is 8.64. The summed E-state index contributed by atoms with van der Waals surface area (Å²) in [5.41, 5.74) is 3.16. The number of nitrogens with one attached hydrogen (secondary N) is 1. The molecule has 0 bridgehead atoms. The lowest BCUT2D eigenvalue weighted by Gasteiger charge is -2.57. The Hall–Kier alpha value is -2.36. The zero-order valence-corrected chi connectivity index (χ0v) is 22.0. The van der Waals surface area contributed by atoms with Crippen LogP contribution in [0.3, 0.4) is 0 Å². The fourth-order valence-electron chi connectivity index (χ4n) is 8.35. The fraction of sp³-hybridized carbons (Fsp3) is 0.613. The molecule has 188 valence electrons. The molecule has 6 atom stereocenters. The van der Waals surface area contributed by atoms with Gasteiger partial charge < -0.3 is 10.1 Å². The van der Waals surface area contributed by atoms with Crippen LogP contribution in [0.25, 0.3) is 0 Å². The van der Waals surface area contributed by atoms with Crippen molar-refractivity contribution in [3.8, 4) is 5.75 Å². The van der Waals surface area contributed by atoms with Gasteiger partial charge in [-0.3, -0.25) is 9.59 Å². The molecule has 1 N–H and O–H groups in total. The molecule has 2 fully saturated rings. The molecule has 4 nitrogen and oxygen atoms in total. The summed E-state index contributed by atoms with van der Waals surface area (Å²) in [4.78, 5) is 25.2. The normalized spacial score (nSPS) is 36.1. The molecule has 0 unspecified atom stereocenters. The van der Waals surface area contributed by atoms with Gasteiger partial charge in [0.05, 0.1) is 12.6 Å². The first-order valence-corrected chi connectivity index (χ1v) is 13.5. The van der Waals surface area contributed by atoms with E-state index >= 15 is 0 Å². The van der Waals surface area contributed by atoms with Gasteiger partial charge in [0.15, 0.2) is 0 Å². The third kappa shape index (κ3) is 3.88. The van der Waals surface area contributed by atoms with E-state index < -0.39 is 5.54 Å². The molecular weight excluding hydrogens is 434 g/mol. The van der Waals surface area contributed by atoms with Crippen molar-refractivity contribution in [1.82, 2.24) is 5.32 Å². The van der Waals surface area contributed by atoms with Gasteiger partial charge in [-0.25, -0.2) is 0 Å². The highest BCUT2D eigenvalue weighted by atomic mass is 16.5. The molecule has 4 aliphatic rings. The Kier molecular flexibility index (Phi) is 6.01. The number of aldehydes is 1. The Balaban J connectivity index is 1.36. The van der Waals surface area contributed by atoms with E-state index in [2.05, 4.69) is 51.2 Å². The van der Waals surface area contributed by atoms with Crippen molar-refractivity contribution < 1.29 is 14.3 Å². The van der Waals surface area contributed by atoms with Crippen LogP contribution in [0, 0.1) is 34.5 Å². The Morgan fingerprint density at radius 2 is 1.94 bits per heavy atom. The summed E-state index contributed by atoms with van der Waals surface area (Å²) >= 11 is 0. The minimum atomic E-state index is -0.460. The van der Waals surface area contributed by atoms with Crippen LogP contribution in [0.2, 0.25) is 0 Å². The minimum Gasteiger partial charge on any atom is -0.497 e. The van der Waals surface area contributed by atoms with Gasteiger partial charge in [0.2, 0.25) is 5.91 Å². The molecule has 4 aliphatic carbocycles. The highest BCUT2D eigenvalue weighted by molar-refractivity contribution is 5.81. The van der Waals surface area contributed by atoms with E-state index in [9.17, 15) is 9.59 Å². The SMILES string of the molecule is COc1cccc(C(C)(C)NC(=O)[C@H]2CC[C@H]3[C@@H]4CC=C5C=C(C=O)CC[C@]5(C)[C@H]4CC[C@]23C)c1. The predicted molar refractivity (Wildman–Crippen MR) is 139 cm³/mol. The number of hydrogen-bond donors (Lipinski definition) is 1.